The van der Waals surface area contributed by atoms with Gasteiger partial charge in [-0.2, -0.15) is 5.10 Å². The van der Waals surface area contributed by atoms with Gasteiger partial charge >= 0.3 is 0 Å². The molecule has 1 N–H and O–H groups in total. The summed E-state index contributed by atoms with van der Waals surface area (Å²) in [6.45, 7) is 1.55. The summed E-state index contributed by atoms with van der Waals surface area (Å²) < 4.78 is 28.0. The van der Waals surface area contributed by atoms with Crippen molar-refractivity contribution in [3.8, 4) is 0 Å². The second-order valence-corrected chi connectivity index (χ2v) is 9.26. The lowest BCUT2D eigenvalue weighted by atomic mass is 10.2. The molecule has 2 aromatic rings. The molecule has 11 heteroatoms. The van der Waals surface area contributed by atoms with Crippen LogP contribution in [-0.2, 0) is 28.4 Å². The minimum Gasteiger partial charge on any atom is -0.352 e. The van der Waals surface area contributed by atoms with Crippen molar-refractivity contribution in [2.24, 2.45) is 12.0 Å². The number of rotatable bonds is 5. The Balaban J connectivity index is 1.69. The van der Waals surface area contributed by atoms with Crippen LogP contribution in [-0.4, -0.2) is 80.0 Å². The molecule has 1 aliphatic heterocycles. The number of carbonyl (C=O) groups excluding carboxylic acids is 1. The summed E-state index contributed by atoms with van der Waals surface area (Å²) in [7, 11) is 2.90. The third-order valence-corrected chi connectivity index (χ3v) is 6.82. The molecule has 0 radical (unpaired) electrons. The Kier molecular flexibility index (Phi) is 6.42. The van der Waals surface area contributed by atoms with E-state index in [1.165, 1.54) is 18.4 Å². The van der Waals surface area contributed by atoms with Crippen LogP contribution >= 0.6 is 0 Å². The van der Waals surface area contributed by atoms with Gasteiger partial charge in [0.1, 0.15) is 6.54 Å². The normalized spacial score (nSPS) is 15.8. The number of benzene rings is 1. The van der Waals surface area contributed by atoms with Gasteiger partial charge in [-0.3, -0.25) is 14.5 Å². The van der Waals surface area contributed by atoms with Gasteiger partial charge in [-0.25, -0.2) is 12.7 Å². The van der Waals surface area contributed by atoms with Gasteiger partial charge in [0.05, 0.1) is 16.8 Å². The van der Waals surface area contributed by atoms with Gasteiger partial charge in [-0.05, 0) is 11.6 Å². The lowest BCUT2D eigenvalue weighted by Gasteiger charge is -2.35. The van der Waals surface area contributed by atoms with Crippen LogP contribution in [0.2, 0.25) is 0 Å². The summed E-state index contributed by atoms with van der Waals surface area (Å²) in [6.07, 6.45) is 3.48. The van der Waals surface area contributed by atoms with E-state index in [4.69, 9.17) is 0 Å². The third kappa shape index (κ3) is 4.46. The lowest BCUT2D eigenvalue weighted by molar-refractivity contribution is -0.120. The number of guanidine groups is 1. The molecule has 0 saturated carbocycles. The van der Waals surface area contributed by atoms with Crippen molar-refractivity contribution < 1.29 is 13.2 Å². The maximum atomic E-state index is 12.6. The Hall–Kier alpha value is -2.92. The Bertz CT molecular complexity index is 1050. The topological polar surface area (TPSA) is 103 Å². The number of aliphatic imine (C=N–C) groups is 1. The molecular formula is C19H27N7O3S. The van der Waals surface area contributed by atoms with Gasteiger partial charge < -0.3 is 15.1 Å². The number of amides is 1. The number of piperazine rings is 1. The Morgan fingerprint density at radius 3 is 2.60 bits per heavy atom. The van der Waals surface area contributed by atoms with E-state index in [0.29, 0.717) is 24.6 Å². The van der Waals surface area contributed by atoms with Crippen LogP contribution in [0.3, 0.4) is 0 Å². The molecule has 0 atom stereocenters. The van der Waals surface area contributed by atoms with E-state index >= 15 is 0 Å². The molecule has 162 valence electrons. The molecule has 1 saturated heterocycles. The van der Waals surface area contributed by atoms with Crippen molar-refractivity contribution in [3.05, 3.63) is 42.2 Å². The zero-order chi connectivity index (χ0) is 21.9. The first-order chi connectivity index (χ1) is 14.2. The zero-order valence-electron chi connectivity index (χ0n) is 17.6. The number of nitrogens with zero attached hydrogens (tertiary/aromatic N) is 6. The molecule has 0 spiro atoms. The summed E-state index contributed by atoms with van der Waals surface area (Å²) >= 11 is 0. The van der Waals surface area contributed by atoms with Gasteiger partial charge in [0.15, 0.2) is 5.96 Å². The second kappa shape index (κ2) is 8.84. The van der Waals surface area contributed by atoms with Crippen LogP contribution in [0, 0.1) is 0 Å². The summed E-state index contributed by atoms with van der Waals surface area (Å²) in [5.41, 5.74) is 1.40. The molecule has 2 heterocycles. The fourth-order valence-electron chi connectivity index (χ4n) is 3.28. The molecule has 0 aliphatic carbocycles. The van der Waals surface area contributed by atoms with Gasteiger partial charge in [-0.1, -0.05) is 18.2 Å². The summed E-state index contributed by atoms with van der Waals surface area (Å²) in [5.74, 6) is 0.499. The van der Waals surface area contributed by atoms with Crippen LogP contribution in [0.1, 0.15) is 5.56 Å². The number of hydrogen-bond donors (Lipinski definition) is 1. The molecule has 1 aliphatic rings. The Labute approximate surface area is 176 Å². The molecule has 3 rings (SSSR count). The SMILES string of the molecule is CN=C(NCc1ccccc1S(=O)(=O)N(C)C)N1CCN(c2cnn(C)c2)C(=O)C1. The van der Waals surface area contributed by atoms with E-state index in [0.717, 1.165) is 5.69 Å². The highest BCUT2D eigenvalue weighted by atomic mass is 32.2. The monoisotopic (exact) mass is 433 g/mol. The van der Waals surface area contributed by atoms with Gasteiger partial charge in [-0.15, -0.1) is 0 Å². The minimum absolute atomic E-state index is 0.0483. The average molecular weight is 434 g/mol. The number of aromatic nitrogens is 2. The van der Waals surface area contributed by atoms with Crippen molar-refractivity contribution >= 4 is 27.6 Å². The van der Waals surface area contributed by atoms with Crippen molar-refractivity contribution in [3.63, 3.8) is 0 Å². The predicted molar refractivity (Wildman–Crippen MR) is 115 cm³/mol. The van der Waals surface area contributed by atoms with Gasteiger partial charge in [0.25, 0.3) is 0 Å². The largest absolute Gasteiger partial charge is 0.352 e. The van der Waals surface area contributed by atoms with Gasteiger partial charge in [0, 0.05) is 54.0 Å². The van der Waals surface area contributed by atoms with Gasteiger partial charge in [0.2, 0.25) is 15.9 Å². The van der Waals surface area contributed by atoms with Crippen LogP contribution < -0.4 is 10.2 Å². The smallest absolute Gasteiger partial charge is 0.246 e. The zero-order valence-corrected chi connectivity index (χ0v) is 18.4. The molecule has 0 unspecified atom stereocenters. The number of nitrogens with one attached hydrogen (secondary N) is 1. The quantitative estimate of drug-likeness (QED) is 0.530. The maximum absolute atomic E-state index is 12.6. The van der Waals surface area contributed by atoms with E-state index in [2.05, 4.69) is 15.4 Å². The predicted octanol–water partition coefficient (Wildman–Crippen LogP) is 0.0946. The highest BCUT2D eigenvalue weighted by Gasteiger charge is 2.28. The van der Waals surface area contributed by atoms with Crippen LogP contribution in [0.5, 0.6) is 0 Å². The molecule has 1 fully saturated rings. The van der Waals surface area contributed by atoms with E-state index in [-0.39, 0.29) is 23.9 Å². The molecule has 10 nitrogen and oxygen atoms in total. The lowest BCUT2D eigenvalue weighted by Crippen LogP contribution is -2.55. The first-order valence-corrected chi connectivity index (χ1v) is 10.9. The average Bonchev–Trinajstić information content (AvgIpc) is 3.14. The fraction of sp³-hybridized carbons (Fsp3) is 0.421. The fourth-order valence-corrected chi connectivity index (χ4v) is 4.39. The number of sulfonamides is 1. The van der Waals surface area contributed by atoms with Crippen molar-refractivity contribution in [1.29, 1.82) is 0 Å². The van der Waals surface area contributed by atoms with E-state index in [1.807, 2.05) is 18.1 Å². The van der Waals surface area contributed by atoms with Crippen molar-refractivity contribution in [2.45, 2.75) is 11.4 Å². The molecular weight excluding hydrogens is 406 g/mol. The minimum atomic E-state index is -3.56. The van der Waals surface area contributed by atoms with Crippen LogP contribution in [0.4, 0.5) is 5.69 Å². The molecule has 1 amide bonds. The number of hydrogen-bond acceptors (Lipinski definition) is 5. The third-order valence-electron chi connectivity index (χ3n) is 4.90. The highest BCUT2D eigenvalue weighted by Crippen LogP contribution is 2.19. The number of anilines is 1. The second-order valence-electron chi connectivity index (χ2n) is 7.14. The Morgan fingerprint density at radius 2 is 2.00 bits per heavy atom. The molecule has 0 bridgehead atoms. The molecule has 1 aromatic carbocycles. The van der Waals surface area contributed by atoms with Crippen molar-refractivity contribution in [1.82, 2.24) is 24.3 Å². The first-order valence-electron chi connectivity index (χ1n) is 9.49. The highest BCUT2D eigenvalue weighted by molar-refractivity contribution is 7.89. The van der Waals surface area contributed by atoms with E-state index in [1.54, 1.807) is 47.1 Å². The van der Waals surface area contributed by atoms with E-state index in [9.17, 15) is 13.2 Å². The Morgan fingerprint density at radius 1 is 1.27 bits per heavy atom. The molecule has 1 aromatic heterocycles. The van der Waals surface area contributed by atoms with E-state index < -0.39 is 10.0 Å². The summed E-state index contributed by atoms with van der Waals surface area (Å²) in [6, 6.07) is 6.85. The summed E-state index contributed by atoms with van der Waals surface area (Å²) in [5, 5.41) is 7.31. The summed E-state index contributed by atoms with van der Waals surface area (Å²) in [4.78, 5) is 20.7. The maximum Gasteiger partial charge on any atom is 0.246 e. The number of aryl methyl sites for hydroxylation is 1. The molecule has 30 heavy (non-hydrogen) atoms. The van der Waals surface area contributed by atoms with Crippen LogP contribution in [0.15, 0.2) is 46.5 Å². The standard InChI is InChI=1S/C19H27N7O3S/c1-20-19(21-11-15-7-5-6-8-17(15)30(28,29)23(2)3)25-9-10-26(18(27)14-25)16-12-22-24(4)13-16/h5-8,12-13H,9-11,14H2,1-4H3,(H,20,21). The first kappa shape index (κ1) is 21.8. The van der Waals surface area contributed by atoms with Crippen molar-refractivity contribution in [2.75, 3.05) is 45.7 Å². The van der Waals surface area contributed by atoms with Crippen LogP contribution in [0.25, 0.3) is 0 Å². The number of carbonyl (C=O) groups is 1.